The van der Waals surface area contributed by atoms with E-state index in [-0.39, 0.29) is 29.3 Å². The summed E-state index contributed by atoms with van der Waals surface area (Å²) in [6.07, 6.45) is 1.90. The lowest BCUT2D eigenvalue weighted by Gasteiger charge is -2.02. The average Bonchev–Trinajstić information content (AvgIpc) is 2.90. The molecule has 0 bridgehead atoms. The van der Waals surface area contributed by atoms with Crippen molar-refractivity contribution in [2.45, 2.75) is 13.5 Å². The first-order chi connectivity index (χ1) is 12.0. The van der Waals surface area contributed by atoms with E-state index < -0.39 is 0 Å². The minimum Gasteiger partial charge on any atom is -1.00 e. The number of imidazole rings is 1. The molecule has 0 unspecified atom stereocenters. The van der Waals surface area contributed by atoms with Gasteiger partial charge in [0, 0.05) is 11.1 Å². The molecule has 5 nitrogen and oxygen atoms in total. The first-order valence-corrected chi connectivity index (χ1v) is 8.08. The Hall–Kier alpha value is -2.60. The Morgan fingerprint density at radius 2 is 1.88 bits per heavy atom. The van der Waals surface area contributed by atoms with Crippen molar-refractivity contribution in [2.75, 3.05) is 12.8 Å². The summed E-state index contributed by atoms with van der Waals surface area (Å²) in [7, 11) is 3.52. The maximum absolute atomic E-state index is 12.5. The zero-order valence-electron chi connectivity index (χ0n) is 15.1. The van der Waals surface area contributed by atoms with Crippen molar-refractivity contribution in [3.63, 3.8) is 0 Å². The zero-order valence-corrected chi connectivity index (χ0v) is 16.7. The number of nitrogens with two attached hydrogens (primary N) is 1. The van der Waals surface area contributed by atoms with Gasteiger partial charge in [0.15, 0.2) is 5.78 Å². The second-order valence-electron chi connectivity index (χ2n) is 6.08. The van der Waals surface area contributed by atoms with E-state index in [1.165, 1.54) is 0 Å². The summed E-state index contributed by atoms with van der Waals surface area (Å²) in [5.74, 6) is 1.33. The van der Waals surface area contributed by atoms with Crippen LogP contribution in [0.3, 0.4) is 0 Å². The molecule has 0 atom stereocenters. The Morgan fingerprint density at radius 1 is 1.19 bits per heavy atom. The number of Topliss-reactive ketones (excluding diaryl/α,β-unsaturated/α-hetero) is 1. The molecule has 1 heterocycles. The van der Waals surface area contributed by atoms with Gasteiger partial charge < -0.3 is 21.7 Å². The molecule has 1 aromatic heterocycles. The molecule has 0 radical (unpaired) electrons. The smallest absolute Gasteiger partial charge is 0.355 e. The molecule has 0 saturated heterocycles. The van der Waals surface area contributed by atoms with Crippen LogP contribution in [0.1, 0.15) is 15.9 Å². The van der Waals surface area contributed by atoms with Crippen molar-refractivity contribution in [3.05, 3.63) is 65.9 Å². The summed E-state index contributed by atoms with van der Waals surface area (Å²) in [4.78, 5) is 12.5. The monoisotopic (exact) mass is 415 g/mol. The predicted octanol–water partition coefficient (Wildman–Crippen LogP) is -0.234. The first kappa shape index (κ1) is 19.7. The van der Waals surface area contributed by atoms with Gasteiger partial charge in [-0.15, -0.1) is 0 Å². The molecule has 136 valence electrons. The summed E-state index contributed by atoms with van der Waals surface area (Å²) in [6.45, 7) is 2.20. The number of halogens is 1. The number of aryl methyl sites for hydroxylation is 1. The summed E-state index contributed by atoms with van der Waals surface area (Å²) >= 11 is 0. The molecule has 0 aliphatic heterocycles. The number of nitrogen functional groups attached to an aromatic ring is 1. The number of aromatic nitrogens is 2. The molecule has 0 fully saturated rings. The van der Waals surface area contributed by atoms with Gasteiger partial charge in [-0.05, 0) is 19.1 Å². The van der Waals surface area contributed by atoms with Gasteiger partial charge in [0.05, 0.1) is 14.2 Å². The fraction of sp³-hybridized carbons (Fsp3) is 0.200. The molecule has 0 amide bonds. The van der Waals surface area contributed by atoms with Crippen LogP contribution in [-0.2, 0) is 13.6 Å². The van der Waals surface area contributed by atoms with Crippen LogP contribution >= 0.6 is 0 Å². The number of benzene rings is 2. The molecule has 0 saturated carbocycles. The molecule has 3 aromatic rings. The molecule has 0 spiro atoms. The molecule has 0 aliphatic rings. The maximum atomic E-state index is 12.5. The number of carbonyl (C=O) groups is 1. The molecule has 26 heavy (non-hydrogen) atoms. The van der Waals surface area contributed by atoms with Crippen LogP contribution < -0.4 is 32.0 Å². The summed E-state index contributed by atoms with van der Waals surface area (Å²) in [5, 5.41) is 0. The first-order valence-electron chi connectivity index (χ1n) is 8.08. The second-order valence-corrected chi connectivity index (χ2v) is 6.08. The number of methoxy groups -OCH3 is 1. The quantitative estimate of drug-likeness (QED) is 0.462. The van der Waals surface area contributed by atoms with Gasteiger partial charge >= 0.3 is 5.95 Å². The Labute approximate surface area is 163 Å². The molecular weight excluding hydrogens is 394 g/mol. The fourth-order valence-electron chi connectivity index (χ4n) is 2.78. The van der Waals surface area contributed by atoms with Gasteiger partial charge in [0.1, 0.15) is 24.2 Å². The largest absolute Gasteiger partial charge is 1.00 e. The number of ketones is 1. The number of anilines is 1. The highest BCUT2D eigenvalue weighted by Crippen LogP contribution is 2.24. The lowest BCUT2D eigenvalue weighted by Crippen LogP contribution is -3.00. The lowest BCUT2D eigenvalue weighted by atomic mass is 10.1. The molecule has 2 N–H and O–H groups in total. The Balaban J connectivity index is 0.00000243. The average molecular weight is 416 g/mol. The van der Waals surface area contributed by atoms with Crippen LogP contribution in [0.15, 0.2) is 54.7 Å². The minimum atomic E-state index is 0. The normalized spacial score (nSPS) is 10.3. The number of hydrogen-bond donors (Lipinski definition) is 1. The Bertz CT molecular complexity index is 917. The number of carbonyl (C=O) groups excluding carboxylic acids is 1. The highest BCUT2D eigenvalue weighted by molar-refractivity contribution is 5.95. The third kappa shape index (κ3) is 3.96. The maximum Gasteiger partial charge on any atom is 0.355 e. The summed E-state index contributed by atoms with van der Waals surface area (Å²) in [5.41, 5.74) is 9.92. The lowest BCUT2D eigenvalue weighted by molar-refractivity contribution is -0.667. The van der Waals surface area contributed by atoms with Gasteiger partial charge in [-0.2, -0.15) is 0 Å². The van der Waals surface area contributed by atoms with E-state index in [0.717, 1.165) is 22.6 Å². The fourth-order valence-corrected chi connectivity index (χ4v) is 2.78. The van der Waals surface area contributed by atoms with Crippen LogP contribution in [0.5, 0.6) is 5.75 Å². The third-order valence-corrected chi connectivity index (χ3v) is 4.33. The Kier molecular flexibility index (Phi) is 6.21. The van der Waals surface area contributed by atoms with Crippen molar-refractivity contribution >= 4 is 11.7 Å². The van der Waals surface area contributed by atoms with Gasteiger partial charge in [-0.25, -0.2) is 9.13 Å². The van der Waals surface area contributed by atoms with Crippen molar-refractivity contribution in [1.29, 1.82) is 0 Å². The Morgan fingerprint density at radius 3 is 2.54 bits per heavy atom. The topological polar surface area (TPSA) is 61.1 Å². The van der Waals surface area contributed by atoms with Gasteiger partial charge in [0.25, 0.3) is 0 Å². The highest BCUT2D eigenvalue weighted by atomic mass is 79.9. The van der Waals surface area contributed by atoms with Crippen molar-refractivity contribution in [1.82, 2.24) is 4.57 Å². The van der Waals surface area contributed by atoms with Crippen molar-refractivity contribution in [3.8, 4) is 17.0 Å². The van der Waals surface area contributed by atoms with E-state index in [1.807, 2.05) is 73.3 Å². The van der Waals surface area contributed by atoms with Crippen LogP contribution in [0.2, 0.25) is 0 Å². The molecule has 2 aromatic carbocycles. The summed E-state index contributed by atoms with van der Waals surface area (Å²) in [6, 6.07) is 15.3. The number of ether oxygens (including phenoxy) is 1. The van der Waals surface area contributed by atoms with E-state index in [1.54, 1.807) is 11.7 Å². The highest BCUT2D eigenvalue weighted by Gasteiger charge is 2.20. The zero-order chi connectivity index (χ0) is 18.0. The van der Waals surface area contributed by atoms with Gasteiger partial charge in [-0.1, -0.05) is 42.0 Å². The number of hydrogen-bond acceptors (Lipinski definition) is 3. The van der Waals surface area contributed by atoms with E-state index in [9.17, 15) is 4.79 Å². The minimum absolute atomic E-state index is 0. The molecular formula is C20H22BrN3O2. The number of rotatable bonds is 5. The van der Waals surface area contributed by atoms with Crippen molar-refractivity contribution in [2.24, 2.45) is 7.05 Å². The molecule has 0 aliphatic carbocycles. The van der Waals surface area contributed by atoms with E-state index in [4.69, 9.17) is 10.5 Å². The molecule has 6 heteroatoms. The SMILES string of the molecule is COc1cccc(-c2c[n+](CC(=O)c3ccc(C)cc3)c(N)n2C)c1.[Br-]. The standard InChI is InChI=1S/C20H21N3O2.BrH/c1-14-7-9-15(10-8-14)19(24)13-23-12-18(22(2)20(23)21)16-5-4-6-17(11-16)25-3;/h4-12,21H,13H2,1-3H3;1H. The molecule has 3 rings (SSSR count). The van der Waals surface area contributed by atoms with Crippen LogP contribution in [0.25, 0.3) is 11.3 Å². The van der Waals surface area contributed by atoms with Crippen LogP contribution in [0, 0.1) is 6.92 Å². The van der Waals surface area contributed by atoms with Crippen LogP contribution in [-0.4, -0.2) is 17.5 Å². The third-order valence-electron chi connectivity index (χ3n) is 4.33. The number of nitrogens with zero attached hydrogens (tertiary/aromatic N) is 2. The van der Waals surface area contributed by atoms with Gasteiger partial charge in [0.2, 0.25) is 0 Å². The van der Waals surface area contributed by atoms with Gasteiger partial charge in [-0.3, -0.25) is 10.5 Å². The van der Waals surface area contributed by atoms with Crippen LogP contribution in [0.4, 0.5) is 5.95 Å². The summed E-state index contributed by atoms with van der Waals surface area (Å²) < 4.78 is 8.93. The van der Waals surface area contributed by atoms with E-state index in [0.29, 0.717) is 11.5 Å². The van der Waals surface area contributed by atoms with E-state index in [2.05, 4.69) is 0 Å². The second kappa shape index (κ2) is 8.19. The van der Waals surface area contributed by atoms with E-state index >= 15 is 0 Å². The predicted molar refractivity (Wildman–Crippen MR) is 97.5 cm³/mol. The van der Waals surface area contributed by atoms with Crippen molar-refractivity contribution < 1.29 is 31.1 Å².